The van der Waals surface area contributed by atoms with Crippen LogP contribution in [-0.4, -0.2) is 50.8 Å². The number of nitrogens with zero attached hydrogens (tertiary/aromatic N) is 4. The summed E-state index contributed by atoms with van der Waals surface area (Å²) in [7, 11) is -3.04. The summed E-state index contributed by atoms with van der Waals surface area (Å²) >= 11 is 6.52. The number of carbonyl (C=O) groups is 2. The zero-order valence-electron chi connectivity index (χ0n) is 28.1. The molecule has 0 radical (unpaired) electrons. The van der Waals surface area contributed by atoms with Crippen molar-refractivity contribution in [1.82, 2.24) is 9.47 Å². The van der Waals surface area contributed by atoms with E-state index in [-0.39, 0.29) is 30.4 Å². The molecule has 0 aliphatic carbocycles. The minimum atomic E-state index is -4.84. The van der Waals surface area contributed by atoms with Gasteiger partial charge in [-0.15, -0.1) is 0 Å². The number of aromatic nitrogens is 1. The number of amides is 2. The fraction of sp³-hybridized carbons (Fsp3) is 0.184. The Labute approximate surface area is 304 Å². The Kier molecular flexibility index (Phi) is 9.29. The Hall–Kier alpha value is -5.57. The van der Waals surface area contributed by atoms with E-state index in [1.54, 1.807) is 61.3 Å². The van der Waals surface area contributed by atoms with Gasteiger partial charge in [0.25, 0.3) is 11.8 Å². The van der Waals surface area contributed by atoms with Crippen LogP contribution >= 0.6 is 19.4 Å². The topological polar surface area (TPSA) is 155 Å². The smallest absolute Gasteiger partial charge is 0.490 e. The van der Waals surface area contributed by atoms with Crippen molar-refractivity contribution >= 4 is 42.6 Å². The SMILES string of the molecule is Cc1c2cc(n1C)-c1cc(Cl)ccc1C(=O)N1CCc3c(cccc3OCCOc3cc(C#N)cc(c3)N(c3ccc(OP(=O)(O)O)cc3)C2=O)C1. The quantitative estimate of drug-likeness (QED) is 0.187. The lowest BCUT2D eigenvalue weighted by Crippen LogP contribution is -2.36. The molecule has 52 heavy (non-hydrogen) atoms. The first-order valence-electron chi connectivity index (χ1n) is 16.3. The maximum absolute atomic E-state index is 14.8. The molecular weight excluding hydrogens is 707 g/mol. The zero-order valence-corrected chi connectivity index (χ0v) is 29.7. The van der Waals surface area contributed by atoms with Gasteiger partial charge >= 0.3 is 7.82 Å². The van der Waals surface area contributed by atoms with Crippen LogP contribution in [0.3, 0.4) is 0 Å². The molecule has 0 saturated heterocycles. The van der Waals surface area contributed by atoms with Gasteiger partial charge in [0, 0.05) is 65.0 Å². The number of hydrogen-bond acceptors (Lipinski definition) is 7. The molecule has 2 N–H and O–H groups in total. The van der Waals surface area contributed by atoms with Crippen molar-refractivity contribution in [2.75, 3.05) is 24.7 Å². The summed E-state index contributed by atoms with van der Waals surface area (Å²) in [5, 5.41) is 10.4. The van der Waals surface area contributed by atoms with Crippen molar-refractivity contribution in [2.45, 2.75) is 19.9 Å². The highest BCUT2D eigenvalue weighted by Gasteiger charge is 2.30. The van der Waals surface area contributed by atoms with E-state index < -0.39 is 13.7 Å². The molecular formula is C38H32ClN4O8P. The molecule has 4 heterocycles. The number of anilines is 2. The van der Waals surface area contributed by atoms with Gasteiger partial charge < -0.3 is 23.5 Å². The maximum Gasteiger partial charge on any atom is 0.524 e. The largest absolute Gasteiger partial charge is 0.524 e. The molecule has 264 valence electrons. The predicted molar refractivity (Wildman–Crippen MR) is 193 cm³/mol. The highest BCUT2D eigenvalue weighted by atomic mass is 35.5. The summed E-state index contributed by atoms with van der Waals surface area (Å²) < 4.78 is 30.3. The van der Waals surface area contributed by atoms with Gasteiger partial charge in [-0.05, 0) is 85.6 Å². The third-order valence-electron chi connectivity index (χ3n) is 9.17. The van der Waals surface area contributed by atoms with E-state index in [1.165, 1.54) is 29.2 Å². The fourth-order valence-corrected chi connectivity index (χ4v) is 7.18. The zero-order chi connectivity index (χ0) is 36.7. The minimum Gasteiger partial charge on any atom is -0.490 e. The first-order valence-corrected chi connectivity index (χ1v) is 18.2. The van der Waals surface area contributed by atoms with Crippen molar-refractivity contribution in [2.24, 2.45) is 7.05 Å². The van der Waals surface area contributed by atoms with Crippen LogP contribution in [0.4, 0.5) is 11.4 Å². The Morgan fingerprint density at radius 2 is 1.65 bits per heavy atom. The van der Waals surface area contributed by atoms with Crippen molar-refractivity contribution in [3.8, 4) is 34.6 Å². The molecule has 0 spiro atoms. The van der Waals surface area contributed by atoms with Gasteiger partial charge in [0.15, 0.2) is 0 Å². The molecule has 3 aliphatic rings. The van der Waals surface area contributed by atoms with Crippen LogP contribution in [0, 0.1) is 18.3 Å². The summed E-state index contributed by atoms with van der Waals surface area (Å²) in [5.41, 5.74) is 5.27. The molecule has 0 atom stereocenters. The van der Waals surface area contributed by atoms with Gasteiger partial charge in [-0.3, -0.25) is 24.3 Å². The molecule has 4 aromatic carbocycles. The number of carbonyl (C=O) groups excluding carboxylic acids is 2. The maximum atomic E-state index is 14.8. The molecule has 8 bridgehead atoms. The number of halogens is 1. The van der Waals surface area contributed by atoms with Gasteiger partial charge in [0.05, 0.1) is 22.9 Å². The number of fused-ring (bicyclic) bond motifs is 5. The Bertz CT molecular complexity index is 2330. The molecule has 12 nitrogen and oxygen atoms in total. The van der Waals surface area contributed by atoms with E-state index in [0.717, 1.165) is 11.1 Å². The van der Waals surface area contributed by atoms with Crippen LogP contribution in [0.15, 0.2) is 84.9 Å². The average Bonchev–Trinajstić information content (AvgIpc) is 3.42. The van der Waals surface area contributed by atoms with Crippen molar-refractivity contribution in [3.05, 3.63) is 123 Å². The van der Waals surface area contributed by atoms with E-state index in [0.29, 0.717) is 75.5 Å². The second-order valence-corrected chi connectivity index (χ2v) is 14.0. The van der Waals surface area contributed by atoms with Gasteiger partial charge in [-0.2, -0.15) is 5.26 Å². The molecule has 0 fully saturated rings. The Morgan fingerprint density at radius 1 is 0.885 bits per heavy atom. The monoisotopic (exact) mass is 738 g/mol. The molecule has 0 unspecified atom stereocenters. The number of rotatable bonds is 3. The van der Waals surface area contributed by atoms with Crippen molar-refractivity contribution in [1.29, 1.82) is 5.26 Å². The van der Waals surface area contributed by atoms with Crippen LogP contribution < -0.4 is 18.9 Å². The molecule has 3 aliphatic heterocycles. The minimum absolute atomic E-state index is 0.111. The normalized spacial score (nSPS) is 14.6. The van der Waals surface area contributed by atoms with Crippen LogP contribution in [0.2, 0.25) is 5.02 Å². The van der Waals surface area contributed by atoms with Gasteiger partial charge in [0.1, 0.15) is 30.5 Å². The molecule has 0 saturated carbocycles. The molecule has 5 aromatic rings. The molecule has 8 rings (SSSR count). The van der Waals surface area contributed by atoms with Crippen molar-refractivity contribution < 1.29 is 37.9 Å². The Balaban J connectivity index is 1.40. The summed E-state index contributed by atoms with van der Waals surface area (Å²) in [6.07, 6.45) is 0.596. The lowest BCUT2D eigenvalue weighted by Gasteiger charge is -2.30. The van der Waals surface area contributed by atoms with Gasteiger partial charge in [-0.25, -0.2) is 4.57 Å². The van der Waals surface area contributed by atoms with E-state index in [1.807, 2.05) is 22.8 Å². The summed E-state index contributed by atoms with van der Waals surface area (Å²) in [6.45, 7) is 2.96. The van der Waals surface area contributed by atoms with Gasteiger partial charge in [0.2, 0.25) is 0 Å². The first-order chi connectivity index (χ1) is 24.9. The molecule has 14 heteroatoms. The number of phosphoric ester groups is 1. The van der Waals surface area contributed by atoms with E-state index >= 15 is 0 Å². The Morgan fingerprint density at radius 3 is 2.40 bits per heavy atom. The number of nitriles is 1. The standard InChI is InChI=1S/C38H32ClN4O8P/c1-23-33-20-35(41(23)2)34-18-26(39)6-11-32(34)37(44)42-13-12-31-25(22-42)4-3-5-36(31)50-15-14-49-30-17-24(21-40)16-28(19-30)43(38(33)45)27-7-9-29(10-8-27)51-52(46,47)48/h3-11,16-20H,12-15,22H2,1-2H3,(H2,46,47,48). The van der Waals surface area contributed by atoms with Crippen LogP contribution in [-0.2, 0) is 24.6 Å². The van der Waals surface area contributed by atoms with E-state index in [9.17, 15) is 29.2 Å². The van der Waals surface area contributed by atoms with E-state index in [2.05, 4.69) is 6.07 Å². The van der Waals surface area contributed by atoms with Crippen LogP contribution in [0.25, 0.3) is 11.3 Å². The summed E-state index contributed by atoms with van der Waals surface area (Å²) in [4.78, 5) is 50.8. The number of phosphoric acid groups is 1. The molecule has 2 amide bonds. The molecule has 1 aromatic heterocycles. The van der Waals surface area contributed by atoms with Crippen LogP contribution in [0.1, 0.15) is 43.1 Å². The first kappa shape index (κ1) is 34.9. The highest BCUT2D eigenvalue weighted by Crippen LogP contribution is 2.40. The third-order valence-corrected chi connectivity index (χ3v) is 9.86. The predicted octanol–water partition coefficient (Wildman–Crippen LogP) is 6.95. The number of hydrogen-bond donors (Lipinski definition) is 2. The van der Waals surface area contributed by atoms with Crippen LogP contribution in [0.5, 0.6) is 17.2 Å². The second-order valence-electron chi connectivity index (χ2n) is 12.4. The number of ether oxygens (including phenoxy) is 2. The third kappa shape index (κ3) is 6.87. The lowest BCUT2D eigenvalue weighted by atomic mass is 9.96. The summed E-state index contributed by atoms with van der Waals surface area (Å²) in [5.74, 6) is 0.247. The van der Waals surface area contributed by atoms with Gasteiger partial charge in [-0.1, -0.05) is 23.7 Å². The number of benzene rings is 4. The summed E-state index contributed by atoms with van der Waals surface area (Å²) in [6, 6.07) is 25.0. The second kappa shape index (κ2) is 13.9. The fourth-order valence-electron chi connectivity index (χ4n) is 6.61. The lowest BCUT2D eigenvalue weighted by molar-refractivity contribution is 0.0734. The highest BCUT2D eigenvalue weighted by molar-refractivity contribution is 7.46. The van der Waals surface area contributed by atoms with Crippen molar-refractivity contribution in [3.63, 3.8) is 0 Å². The average molecular weight is 739 g/mol. The van der Waals surface area contributed by atoms with E-state index in [4.69, 9.17) is 25.6 Å².